The average Bonchev–Trinajstić information content (AvgIpc) is 2.34. The Bertz CT molecular complexity index is 171. The van der Waals surface area contributed by atoms with E-state index in [4.69, 9.17) is 0 Å². The van der Waals surface area contributed by atoms with Crippen molar-refractivity contribution in [3.8, 4) is 0 Å². The van der Waals surface area contributed by atoms with Crippen molar-refractivity contribution in [2.24, 2.45) is 0 Å². The van der Waals surface area contributed by atoms with Gasteiger partial charge in [-0.2, -0.15) is 4.09 Å². The second-order valence-electron chi connectivity index (χ2n) is 1.30. The molecule has 0 fully saturated rings. The summed E-state index contributed by atoms with van der Waals surface area (Å²) >= 11 is 1.49. The lowest BCUT2D eigenvalue weighted by atomic mass is 10.8. The topological polar surface area (TPSA) is 43.6 Å². The van der Waals surface area contributed by atoms with Crippen LogP contribution in [0.5, 0.6) is 0 Å². The van der Waals surface area contributed by atoms with Crippen LogP contribution in [0, 0.1) is 0 Å². The molecule has 0 aromatic carbocycles. The van der Waals surface area contributed by atoms with Crippen molar-refractivity contribution in [3.63, 3.8) is 0 Å². The molecule has 9 heavy (non-hydrogen) atoms. The van der Waals surface area contributed by atoms with Gasteiger partial charge in [-0.15, -0.1) is 11.7 Å². The normalized spacial score (nSPS) is 9.33. The van der Waals surface area contributed by atoms with Gasteiger partial charge in [-0.3, -0.25) is 0 Å². The highest BCUT2D eigenvalue weighted by atomic mass is 32.2. The largest absolute Gasteiger partial charge is 0.173 e. The molecule has 1 aromatic heterocycles. The minimum absolute atomic E-state index is 0.824. The molecule has 1 aromatic rings. The Morgan fingerprint density at radius 1 is 1.78 bits per heavy atom. The monoisotopic (exact) mass is 142 g/mol. The predicted octanol–water partition coefficient (Wildman–Crippen LogP) is 0.355. The lowest BCUT2D eigenvalue weighted by Crippen LogP contribution is -1.87. The summed E-state index contributed by atoms with van der Waals surface area (Å²) in [6, 6.07) is 0. The zero-order valence-corrected chi connectivity index (χ0v) is 5.58. The summed E-state index contributed by atoms with van der Waals surface area (Å²) in [6.45, 7) is 3.56. The molecule has 1 rings (SSSR count). The smallest absolute Gasteiger partial charge is 0.150 e. The number of hydrogen-bond donors (Lipinski definition) is 0. The van der Waals surface area contributed by atoms with Gasteiger partial charge in [0, 0.05) is 5.75 Å². The van der Waals surface area contributed by atoms with Crippen molar-refractivity contribution in [1.82, 2.24) is 19.6 Å². The first kappa shape index (κ1) is 6.28. The Labute approximate surface area is 57.1 Å². The molecule has 5 heteroatoms. The molecule has 0 saturated carbocycles. The van der Waals surface area contributed by atoms with Crippen molar-refractivity contribution in [3.05, 3.63) is 19.0 Å². The molecular formula is C4H6N4S. The second kappa shape index (κ2) is 3.24. The maximum atomic E-state index is 3.62. The zero-order chi connectivity index (χ0) is 6.53. The van der Waals surface area contributed by atoms with E-state index in [1.54, 1.807) is 16.5 Å². The van der Waals surface area contributed by atoms with E-state index in [1.807, 2.05) is 0 Å². The molecule has 0 spiro atoms. The van der Waals surface area contributed by atoms with E-state index in [0.29, 0.717) is 0 Å². The Morgan fingerprint density at radius 2 is 2.67 bits per heavy atom. The lowest BCUT2D eigenvalue weighted by molar-refractivity contribution is 0.853. The highest BCUT2D eigenvalue weighted by molar-refractivity contribution is 7.97. The van der Waals surface area contributed by atoms with E-state index >= 15 is 0 Å². The van der Waals surface area contributed by atoms with Gasteiger partial charge >= 0.3 is 0 Å². The molecule has 0 bridgehead atoms. The van der Waals surface area contributed by atoms with Gasteiger partial charge in [0.15, 0.2) is 6.33 Å². The summed E-state index contributed by atoms with van der Waals surface area (Å²) in [4.78, 5) is 0. The van der Waals surface area contributed by atoms with E-state index in [2.05, 4.69) is 22.1 Å². The summed E-state index contributed by atoms with van der Waals surface area (Å²) in [5.41, 5.74) is 0. The van der Waals surface area contributed by atoms with E-state index in [-0.39, 0.29) is 0 Å². The summed E-state index contributed by atoms with van der Waals surface area (Å²) in [6.07, 6.45) is 3.35. The molecule has 0 aliphatic heterocycles. The highest BCUT2D eigenvalue weighted by Gasteiger charge is 1.87. The fraction of sp³-hybridized carbons (Fsp3) is 0.250. The number of hydrogen-bond acceptors (Lipinski definition) is 4. The van der Waals surface area contributed by atoms with E-state index < -0.39 is 0 Å². The van der Waals surface area contributed by atoms with Gasteiger partial charge in [0.1, 0.15) is 0 Å². The van der Waals surface area contributed by atoms with E-state index in [9.17, 15) is 0 Å². The first-order valence-corrected chi connectivity index (χ1v) is 3.35. The Hall–Kier alpha value is -0.840. The third-order valence-corrected chi connectivity index (χ3v) is 1.47. The maximum absolute atomic E-state index is 3.62. The molecule has 0 amide bonds. The molecule has 0 aliphatic rings. The second-order valence-corrected chi connectivity index (χ2v) is 2.26. The minimum atomic E-state index is 0.824. The molecular weight excluding hydrogens is 136 g/mol. The molecule has 0 saturated heterocycles. The SMILES string of the molecule is C=CCSn1cnnn1. The quantitative estimate of drug-likeness (QED) is 0.571. The maximum Gasteiger partial charge on any atom is 0.150 e. The molecule has 0 unspecified atom stereocenters. The number of tetrazole rings is 1. The van der Waals surface area contributed by atoms with Crippen molar-refractivity contribution >= 4 is 11.9 Å². The standard InChI is InChI=1S/C4H6N4S/c1-2-3-9-8-4-5-6-7-8/h2,4H,1,3H2. The van der Waals surface area contributed by atoms with Crippen molar-refractivity contribution in [2.45, 2.75) is 0 Å². The number of nitrogens with zero attached hydrogens (tertiary/aromatic N) is 4. The molecule has 0 N–H and O–H groups in total. The van der Waals surface area contributed by atoms with Crippen molar-refractivity contribution < 1.29 is 0 Å². The van der Waals surface area contributed by atoms with Gasteiger partial charge < -0.3 is 0 Å². The molecule has 1 heterocycles. The average molecular weight is 142 g/mol. The van der Waals surface area contributed by atoms with Crippen LogP contribution in [0.25, 0.3) is 0 Å². The molecule has 48 valence electrons. The van der Waals surface area contributed by atoms with Crippen molar-refractivity contribution in [2.75, 3.05) is 5.75 Å². The predicted molar refractivity (Wildman–Crippen MR) is 35.9 cm³/mol. The Kier molecular flexibility index (Phi) is 2.26. The van der Waals surface area contributed by atoms with Crippen LogP contribution in [-0.4, -0.2) is 25.4 Å². The minimum Gasteiger partial charge on any atom is -0.173 e. The molecule has 0 radical (unpaired) electrons. The Morgan fingerprint density at radius 3 is 3.22 bits per heavy atom. The first-order valence-electron chi connectivity index (χ1n) is 2.40. The van der Waals surface area contributed by atoms with Crippen LogP contribution in [0.1, 0.15) is 0 Å². The van der Waals surface area contributed by atoms with Crippen LogP contribution in [0.4, 0.5) is 0 Å². The van der Waals surface area contributed by atoms with Crippen LogP contribution in [0.15, 0.2) is 19.0 Å². The lowest BCUT2D eigenvalue weighted by Gasteiger charge is -1.89. The molecule has 0 atom stereocenters. The first-order chi connectivity index (χ1) is 4.43. The van der Waals surface area contributed by atoms with Crippen LogP contribution >= 0.6 is 11.9 Å². The summed E-state index contributed by atoms with van der Waals surface area (Å²) in [5, 5.41) is 10.5. The number of aromatic nitrogens is 4. The Balaban J connectivity index is 2.38. The van der Waals surface area contributed by atoms with Gasteiger partial charge in [0.25, 0.3) is 0 Å². The third-order valence-electron chi connectivity index (χ3n) is 0.655. The molecule has 0 aliphatic carbocycles. The fourth-order valence-corrected chi connectivity index (χ4v) is 0.792. The van der Waals surface area contributed by atoms with Crippen LogP contribution in [0.3, 0.4) is 0 Å². The van der Waals surface area contributed by atoms with Gasteiger partial charge in [-0.1, -0.05) is 6.08 Å². The third kappa shape index (κ3) is 1.85. The van der Waals surface area contributed by atoms with E-state index in [0.717, 1.165) is 5.75 Å². The highest BCUT2D eigenvalue weighted by Crippen LogP contribution is 1.98. The van der Waals surface area contributed by atoms with Crippen LogP contribution < -0.4 is 0 Å². The van der Waals surface area contributed by atoms with Crippen LogP contribution in [-0.2, 0) is 0 Å². The summed E-state index contributed by atoms with van der Waals surface area (Å²) < 4.78 is 1.58. The van der Waals surface area contributed by atoms with Gasteiger partial charge in [-0.25, -0.2) is 0 Å². The summed E-state index contributed by atoms with van der Waals surface area (Å²) in [7, 11) is 0. The number of rotatable bonds is 3. The van der Waals surface area contributed by atoms with Gasteiger partial charge in [0.05, 0.1) is 0 Å². The van der Waals surface area contributed by atoms with Crippen LogP contribution in [0.2, 0.25) is 0 Å². The molecule has 4 nitrogen and oxygen atoms in total. The van der Waals surface area contributed by atoms with Crippen molar-refractivity contribution in [1.29, 1.82) is 0 Å². The van der Waals surface area contributed by atoms with Gasteiger partial charge in [0.2, 0.25) is 0 Å². The van der Waals surface area contributed by atoms with Gasteiger partial charge in [-0.05, 0) is 22.4 Å². The zero-order valence-electron chi connectivity index (χ0n) is 4.77. The summed E-state index contributed by atoms with van der Waals surface area (Å²) in [5.74, 6) is 0.824. The fourth-order valence-electron chi connectivity index (χ4n) is 0.341. The van der Waals surface area contributed by atoms with E-state index in [1.165, 1.54) is 11.9 Å².